The number of hydrogen-bond donors (Lipinski definition) is 2. The summed E-state index contributed by atoms with van der Waals surface area (Å²) in [5.74, 6) is -0.243. The first kappa shape index (κ1) is 22.3. The molecular weight excluding hydrogens is 390 g/mol. The molecule has 31 heavy (non-hydrogen) atoms. The molecule has 0 aliphatic rings. The number of hydrogen-bond acceptors (Lipinski definition) is 4. The molecule has 6 heteroatoms. The van der Waals surface area contributed by atoms with Gasteiger partial charge in [0.25, 0.3) is 0 Å². The Hall–Kier alpha value is -3.41. The standard InChI is InChI=1S/C25H29N3O3/c1-25(2,3)31-24(30)28-22(12-11-18-13-15-26-16-14-18)23(29)27-17-20-9-6-8-19-7-4-5-10-21(19)20/h4-10,13-16,22H,11-12,17H2,1-3H3,(H,27,29)(H,28,30)/t22-/m0/s1. The summed E-state index contributed by atoms with van der Waals surface area (Å²) in [5, 5.41) is 7.92. The number of aromatic nitrogens is 1. The fourth-order valence-electron chi connectivity index (χ4n) is 3.33. The lowest BCUT2D eigenvalue weighted by Gasteiger charge is -2.23. The van der Waals surface area contributed by atoms with Crippen molar-refractivity contribution in [3.8, 4) is 0 Å². The molecule has 3 aromatic rings. The molecule has 1 aromatic heterocycles. The Labute approximate surface area is 183 Å². The normalized spacial score (nSPS) is 12.2. The van der Waals surface area contributed by atoms with E-state index in [9.17, 15) is 9.59 Å². The molecule has 6 nitrogen and oxygen atoms in total. The lowest BCUT2D eigenvalue weighted by atomic mass is 10.0. The number of aryl methyl sites for hydroxylation is 1. The van der Waals surface area contributed by atoms with Gasteiger partial charge in [0, 0.05) is 18.9 Å². The van der Waals surface area contributed by atoms with E-state index in [-0.39, 0.29) is 5.91 Å². The van der Waals surface area contributed by atoms with Gasteiger partial charge in [-0.05, 0) is 67.6 Å². The molecule has 3 rings (SSSR count). The third kappa shape index (κ3) is 6.81. The van der Waals surface area contributed by atoms with Gasteiger partial charge in [-0.2, -0.15) is 0 Å². The van der Waals surface area contributed by atoms with E-state index in [0.717, 1.165) is 21.9 Å². The van der Waals surface area contributed by atoms with Crippen LogP contribution >= 0.6 is 0 Å². The van der Waals surface area contributed by atoms with Gasteiger partial charge in [0.05, 0.1) is 0 Å². The van der Waals surface area contributed by atoms with Crippen LogP contribution in [0.15, 0.2) is 67.0 Å². The second kappa shape index (κ2) is 10.1. The van der Waals surface area contributed by atoms with Gasteiger partial charge < -0.3 is 15.4 Å². The molecule has 2 N–H and O–H groups in total. The molecule has 1 heterocycles. The van der Waals surface area contributed by atoms with Crippen LogP contribution in [-0.4, -0.2) is 28.6 Å². The van der Waals surface area contributed by atoms with Gasteiger partial charge in [0.2, 0.25) is 5.91 Å². The molecule has 0 aliphatic carbocycles. The Bertz CT molecular complexity index is 1020. The molecule has 0 bridgehead atoms. The smallest absolute Gasteiger partial charge is 0.408 e. The van der Waals surface area contributed by atoms with Gasteiger partial charge in [-0.25, -0.2) is 4.79 Å². The van der Waals surface area contributed by atoms with E-state index in [1.807, 2.05) is 54.6 Å². The fraction of sp³-hybridized carbons (Fsp3) is 0.320. The number of rotatable bonds is 7. The molecule has 0 spiro atoms. The van der Waals surface area contributed by atoms with E-state index in [4.69, 9.17) is 4.74 Å². The summed E-state index contributed by atoms with van der Waals surface area (Å²) in [5.41, 5.74) is 1.43. The average Bonchev–Trinajstić information content (AvgIpc) is 2.74. The second-order valence-corrected chi connectivity index (χ2v) is 8.45. The van der Waals surface area contributed by atoms with Crippen molar-refractivity contribution in [2.24, 2.45) is 0 Å². The van der Waals surface area contributed by atoms with Gasteiger partial charge in [-0.15, -0.1) is 0 Å². The summed E-state index contributed by atoms with van der Waals surface area (Å²) >= 11 is 0. The van der Waals surface area contributed by atoms with Crippen LogP contribution in [0.3, 0.4) is 0 Å². The molecule has 0 saturated heterocycles. The number of ether oxygens (including phenoxy) is 1. The number of carbonyl (C=O) groups excluding carboxylic acids is 2. The number of alkyl carbamates (subject to hydrolysis) is 1. The van der Waals surface area contributed by atoms with E-state index in [1.165, 1.54) is 0 Å². The van der Waals surface area contributed by atoms with E-state index in [0.29, 0.717) is 19.4 Å². The molecule has 2 amide bonds. The van der Waals surface area contributed by atoms with Gasteiger partial charge in [0.1, 0.15) is 11.6 Å². The van der Waals surface area contributed by atoms with Crippen LogP contribution in [0.5, 0.6) is 0 Å². The predicted octanol–water partition coefficient (Wildman–Crippen LogP) is 4.38. The average molecular weight is 420 g/mol. The minimum Gasteiger partial charge on any atom is -0.444 e. The largest absolute Gasteiger partial charge is 0.444 e. The fourth-order valence-corrected chi connectivity index (χ4v) is 3.33. The molecule has 0 fully saturated rings. The number of fused-ring (bicyclic) bond motifs is 1. The SMILES string of the molecule is CC(C)(C)OC(=O)N[C@@H](CCc1ccncc1)C(=O)NCc1cccc2ccccc12. The van der Waals surface area contributed by atoms with Crippen molar-refractivity contribution in [3.05, 3.63) is 78.1 Å². The first-order valence-electron chi connectivity index (χ1n) is 10.4. The van der Waals surface area contributed by atoms with E-state index in [1.54, 1.807) is 33.2 Å². The van der Waals surface area contributed by atoms with Crippen molar-refractivity contribution in [1.29, 1.82) is 0 Å². The molecule has 0 aliphatic heterocycles. The van der Waals surface area contributed by atoms with Crippen molar-refractivity contribution < 1.29 is 14.3 Å². The Morgan fingerprint density at radius 2 is 1.71 bits per heavy atom. The van der Waals surface area contributed by atoms with Crippen LogP contribution in [0.2, 0.25) is 0 Å². The summed E-state index contributed by atoms with van der Waals surface area (Å²) in [4.78, 5) is 29.3. The number of amides is 2. The van der Waals surface area contributed by atoms with Crippen LogP contribution in [0, 0.1) is 0 Å². The Morgan fingerprint density at radius 1 is 1.00 bits per heavy atom. The van der Waals surface area contributed by atoms with Crippen LogP contribution in [-0.2, 0) is 22.5 Å². The Balaban J connectivity index is 1.68. The Morgan fingerprint density at radius 3 is 2.45 bits per heavy atom. The maximum absolute atomic E-state index is 13.0. The maximum atomic E-state index is 13.0. The highest BCUT2D eigenvalue weighted by Gasteiger charge is 2.24. The highest BCUT2D eigenvalue weighted by molar-refractivity contribution is 5.88. The van der Waals surface area contributed by atoms with Crippen molar-refractivity contribution in [2.45, 2.75) is 51.8 Å². The van der Waals surface area contributed by atoms with Crippen LogP contribution < -0.4 is 10.6 Å². The number of nitrogens with zero attached hydrogens (tertiary/aromatic N) is 1. The van der Waals surface area contributed by atoms with E-state index in [2.05, 4.69) is 15.6 Å². The summed E-state index contributed by atoms with van der Waals surface area (Å²) in [6.07, 6.45) is 3.90. The highest BCUT2D eigenvalue weighted by Crippen LogP contribution is 2.18. The maximum Gasteiger partial charge on any atom is 0.408 e. The van der Waals surface area contributed by atoms with Gasteiger partial charge in [-0.1, -0.05) is 42.5 Å². The third-order valence-electron chi connectivity index (χ3n) is 4.81. The van der Waals surface area contributed by atoms with Crippen molar-refractivity contribution in [3.63, 3.8) is 0 Å². The van der Waals surface area contributed by atoms with Crippen molar-refractivity contribution in [1.82, 2.24) is 15.6 Å². The minimum atomic E-state index is -0.710. The molecule has 162 valence electrons. The highest BCUT2D eigenvalue weighted by atomic mass is 16.6. The molecular formula is C25H29N3O3. The van der Waals surface area contributed by atoms with Crippen LogP contribution in [0.25, 0.3) is 10.8 Å². The lowest BCUT2D eigenvalue weighted by molar-refractivity contribution is -0.123. The molecule has 0 saturated carbocycles. The summed E-state index contributed by atoms with van der Waals surface area (Å²) in [6.45, 7) is 5.75. The van der Waals surface area contributed by atoms with E-state index < -0.39 is 17.7 Å². The second-order valence-electron chi connectivity index (χ2n) is 8.45. The topological polar surface area (TPSA) is 80.3 Å². The number of benzene rings is 2. The molecule has 0 radical (unpaired) electrons. The molecule has 0 unspecified atom stereocenters. The number of carbonyl (C=O) groups is 2. The quantitative estimate of drug-likeness (QED) is 0.596. The van der Waals surface area contributed by atoms with Crippen LogP contribution in [0.1, 0.15) is 38.3 Å². The summed E-state index contributed by atoms with van der Waals surface area (Å²) < 4.78 is 5.35. The predicted molar refractivity (Wildman–Crippen MR) is 122 cm³/mol. The molecule has 2 aromatic carbocycles. The van der Waals surface area contributed by atoms with Crippen molar-refractivity contribution in [2.75, 3.05) is 0 Å². The number of pyridine rings is 1. The number of nitrogens with one attached hydrogen (secondary N) is 2. The van der Waals surface area contributed by atoms with E-state index >= 15 is 0 Å². The monoisotopic (exact) mass is 419 g/mol. The summed E-state index contributed by atoms with van der Waals surface area (Å²) in [7, 11) is 0. The zero-order valence-corrected chi connectivity index (χ0v) is 18.2. The first-order valence-corrected chi connectivity index (χ1v) is 10.4. The Kier molecular flexibility index (Phi) is 7.23. The van der Waals surface area contributed by atoms with Crippen LogP contribution in [0.4, 0.5) is 4.79 Å². The zero-order chi connectivity index (χ0) is 22.3. The van der Waals surface area contributed by atoms with Gasteiger partial charge in [0.15, 0.2) is 0 Å². The third-order valence-corrected chi connectivity index (χ3v) is 4.81. The lowest BCUT2D eigenvalue weighted by Crippen LogP contribution is -2.48. The molecule has 1 atom stereocenters. The van der Waals surface area contributed by atoms with Gasteiger partial charge >= 0.3 is 6.09 Å². The summed E-state index contributed by atoms with van der Waals surface area (Å²) in [6, 6.07) is 17.2. The van der Waals surface area contributed by atoms with Crippen molar-refractivity contribution >= 4 is 22.8 Å². The van der Waals surface area contributed by atoms with Gasteiger partial charge in [-0.3, -0.25) is 9.78 Å². The first-order chi connectivity index (χ1) is 14.8. The minimum absolute atomic E-state index is 0.243. The zero-order valence-electron chi connectivity index (χ0n) is 18.2.